The van der Waals surface area contributed by atoms with E-state index in [4.69, 9.17) is 11.6 Å². The minimum atomic E-state index is -3.07. The van der Waals surface area contributed by atoms with E-state index >= 15 is 0 Å². The van der Waals surface area contributed by atoms with E-state index in [0.717, 1.165) is 19.2 Å². The summed E-state index contributed by atoms with van der Waals surface area (Å²) < 4.78 is 46.0. The summed E-state index contributed by atoms with van der Waals surface area (Å²) in [5.74, 6) is -2.53. The minimum Gasteiger partial charge on any atom is -0.465 e. The van der Waals surface area contributed by atoms with Gasteiger partial charge in [-0.3, -0.25) is 0 Å². The average Bonchev–Trinajstić information content (AvgIpc) is 2.29. The number of carbonyl (C=O) groups excluding carboxylic acids is 1. The van der Waals surface area contributed by atoms with Gasteiger partial charge in [-0.15, -0.1) is 11.6 Å². The molecular formula is C10H8ClF3O3. The molecule has 17 heavy (non-hydrogen) atoms. The van der Waals surface area contributed by atoms with Crippen molar-refractivity contribution in [3.63, 3.8) is 0 Å². The van der Waals surface area contributed by atoms with E-state index in [1.54, 1.807) is 0 Å². The zero-order valence-electron chi connectivity index (χ0n) is 8.68. The second-order valence-electron chi connectivity index (χ2n) is 2.95. The third-order valence-electron chi connectivity index (χ3n) is 1.90. The molecule has 0 saturated carbocycles. The van der Waals surface area contributed by atoms with E-state index in [-0.39, 0.29) is 17.2 Å². The third kappa shape index (κ3) is 3.26. The van der Waals surface area contributed by atoms with Gasteiger partial charge in [-0.25, -0.2) is 9.18 Å². The van der Waals surface area contributed by atoms with Gasteiger partial charge in [0.1, 0.15) is 11.6 Å². The molecule has 0 aliphatic carbocycles. The smallest absolute Gasteiger partial charge is 0.387 e. The van der Waals surface area contributed by atoms with Crippen molar-refractivity contribution in [2.75, 3.05) is 7.11 Å². The number of carbonyl (C=O) groups is 1. The van der Waals surface area contributed by atoms with Crippen molar-refractivity contribution < 1.29 is 27.4 Å². The van der Waals surface area contributed by atoms with Gasteiger partial charge in [-0.1, -0.05) is 0 Å². The first-order valence-corrected chi connectivity index (χ1v) is 4.94. The van der Waals surface area contributed by atoms with Crippen molar-refractivity contribution in [1.29, 1.82) is 0 Å². The molecule has 0 bridgehead atoms. The highest BCUT2D eigenvalue weighted by Gasteiger charge is 2.19. The molecule has 0 amide bonds. The van der Waals surface area contributed by atoms with Gasteiger partial charge in [0.25, 0.3) is 0 Å². The van der Waals surface area contributed by atoms with Crippen molar-refractivity contribution in [1.82, 2.24) is 0 Å². The number of hydrogen-bond acceptors (Lipinski definition) is 3. The molecule has 0 aromatic heterocycles. The van der Waals surface area contributed by atoms with Crippen molar-refractivity contribution in [2.24, 2.45) is 0 Å². The molecule has 0 aliphatic heterocycles. The van der Waals surface area contributed by atoms with Crippen LogP contribution in [0, 0.1) is 5.82 Å². The van der Waals surface area contributed by atoms with Gasteiger partial charge >= 0.3 is 12.6 Å². The van der Waals surface area contributed by atoms with Crippen LogP contribution in [-0.2, 0) is 10.6 Å². The SMILES string of the molecule is COC(=O)c1cc(OC(F)F)cc(CCl)c1F. The van der Waals surface area contributed by atoms with E-state index in [0.29, 0.717) is 0 Å². The van der Waals surface area contributed by atoms with Crippen LogP contribution in [0.3, 0.4) is 0 Å². The van der Waals surface area contributed by atoms with Crippen LogP contribution in [-0.4, -0.2) is 19.7 Å². The highest BCUT2D eigenvalue weighted by molar-refractivity contribution is 6.17. The molecule has 0 spiro atoms. The topological polar surface area (TPSA) is 35.5 Å². The monoisotopic (exact) mass is 268 g/mol. The van der Waals surface area contributed by atoms with Gasteiger partial charge < -0.3 is 9.47 Å². The Bertz CT molecular complexity index is 424. The zero-order chi connectivity index (χ0) is 13.0. The number of rotatable bonds is 4. The predicted molar refractivity (Wildman–Crippen MR) is 53.9 cm³/mol. The van der Waals surface area contributed by atoms with Crippen molar-refractivity contribution in [3.8, 4) is 5.75 Å². The van der Waals surface area contributed by atoms with Gasteiger partial charge in [-0.05, 0) is 12.1 Å². The summed E-state index contributed by atoms with van der Waals surface area (Å²) >= 11 is 5.43. The lowest BCUT2D eigenvalue weighted by atomic mass is 10.1. The Morgan fingerprint density at radius 1 is 1.47 bits per heavy atom. The Balaban J connectivity index is 3.23. The first kappa shape index (κ1) is 13.6. The standard InChI is InChI=1S/C10H8ClF3O3/c1-16-9(15)7-3-6(17-10(13)14)2-5(4-11)8(7)12/h2-3,10H,4H2,1H3. The molecule has 0 unspecified atom stereocenters. The molecule has 94 valence electrons. The van der Waals surface area contributed by atoms with Crippen LogP contribution in [0.15, 0.2) is 12.1 Å². The number of methoxy groups -OCH3 is 1. The number of esters is 1. The lowest BCUT2D eigenvalue weighted by Crippen LogP contribution is -2.09. The molecular weight excluding hydrogens is 261 g/mol. The lowest BCUT2D eigenvalue weighted by molar-refractivity contribution is -0.0500. The summed E-state index contributed by atoms with van der Waals surface area (Å²) in [6.07, 6.45) is 0. The molecule has 1 rings (SSSR count). The zero-order valence-corrected chi connectivity index (χ0v) is 9.43. The Morgan fingerprint density at radius 3 is 2.59 bits per heavy atom. The van der Waals surface area contributed by atoms with Crippen LogP contribution in [0.1, 0.15) is 15.9 Å². The van der Waals surface area contributed by atoms with Gasteiger partial charge in [-0.2, -0.15) is 8.78 Å². The Hall–Kier alpha value is -1.43. The Morgan fingerprint density at radius 2 is 2.12 bits per heavy atom. The van der Waals surface area contributed by atoms with Crippen molar-refractivity contribution >= 4 is 17.6 Å². The van der Waals surface area contributed by atoms with Gasteiger partial charge in [0.15, 0.2) is 0 Å². The van der Waals surface area contributed by atoms with Crippen LogP contribution < -0.4 is 4.74 Å². The summed E-state index contributed by atoms with van der Waals surface area (Å²) in [5, 5.41) is 0. The molecule has 0 fully saturated rings. The van der Waals surface area contributed by atoms with E-state index < -0.39 is 24.0 Å². The normalized spacial score (nSPS) is 10.5. The highest BCUT2D eigenvalue weighted by Crippen LogP contribution is 2.24. The third-order valence-corrected chi connectivity index (χ3v) is 2.18. The maximum Gasteiger partial charge on any atom is 0.387 e. The highest BCUT2D eigenvalue weighted by atomic mass is 35.5. The maximum absolute atomic E-state index is 13.6. The lowest BCUT2D eigenvalue weighted by Gasteiger charge is -2.10. The van der Waals surface area contributed by atoms with Crippen LogP contribution in [0.5, 0.6) is 5.75 Å². The fourth-order valence-electron chi connectivity index (χ4n) is 1.18. The molecule has 0 radical (unpaired) electrons. The maximum atomic E-state index is 13.6. The van der Waals surface area contributed by atoms with Crippen molar-refractivity contribution in [2.45, 2.75) is 12.5 Å². The Kier molecular flexibility index (Phi) is 4.62. The predicted octanol–water partition coefficient (Wildman–Crippen LogP) is 2.95. The van der Waals surface area contributed by atoms with Crippen LogP contribution >= 0.6 is 11.6 Å². The summed E-state index contributed by atoms with van der Waals surface area (Å²) in [4.78, 5) is 11.2. The number of halogens is 4. The van der Waals surface area contributed by atoms with Crippen molar-refractivity contribution in [3.05, 3.63) is 29.1 Å². The van der Waals surface area contributed by atoms with E-state index in [9.17, 15) is 18.0 Å². The van der Waals surface area contributed by atoms with Gasteiger partial charge in [0, 0.05) is 5.56 Å². The number of hydrogen-bond donors (Lipinski definition) is 0. The van der Waals surface area contributed by atoms with Crippen LogP contribution in [0.2, 0.25) is 0 Å². The van der Waals surface area contributed by atoms with Gasteiger partial charge in [0.2, 0.25) is 0 Å². The molecule has 0 N–H and O–H groups in total. The summed E-state index contributed by atoms with van der Waals surface area (Å²) in [6.45, 7) is -3.07. The summed E-state index contributed by atoms with van der Waals surface area (Å²) in [6, 6.07) is 1.84. The molecule has 0 atom stereocenters. The average molecular weight is 269 g/mol. The second kappa shape index (κ2) is 5.77. The summed E-state index contributed by atoms with van der Waals surface area (Å²) in [5.41, 5.74) is -0.619. The molecule has 0 heterocycles. The number of ether oxygens (including phenoxy) is 2. The number of alkyl halides is 3. The molecule has 1 aromatic rings. The van der Waals surface area contributed by atoms with Gasteiger partial charge in [0.05, 0.1) is 18.6 Å². The Labute approximate surface area is 100 Å². The first-order chi connectivity index (χ1) is 7.99. The fourth-order valence-corrected chi connectivity index (χ4v) is 1.38. The molecule has 7 heteroatoms. The molecule has 1 aromatic carbocycles. The quantitative estimate of drug-likeness (QED) is 0.622. The molecule has 3 nitrogen and oxygen atoms in total. The van der Waals surface area contributed by atoms with E-state index in [1.807, 2.05) is 0 Å². The largest absolute Gasteiger partial charge is 0.465 e. The van der Waals surface area contributed by atoms with E-state index in [2.05, 4.69) is 9.47 Å². The van der Waals surface area contributed by atoms with Crippen LogP contribution in [0.25, 0.3) is 0 Å². The minimum absolute atomic E-state index is 0.120. The molecule has 0 saturated heterocycles. The summed E-state index contributed by atoms with van der Waals surface area (Å²) in [7, 11) is 1.04. The van der Waals surface area contributed by atoms with Crippen LogP contribution in [0.4, 0.5) is 13.2 Å². The molecule has 0 aliphatic rings. The second-order valence-corrected chi connectivity index (χ2v) is 3.21. The first-order valence-electron chi connectivity index (χ1n) is 4.41. The fraction of sp³-hybridized carbons (Fsp3) is 0.300. The number of benzene rings is 1. The van der Waals surface area contributed by atoms with E-state index in [1.165, 1.54) is 0 Å².